The maximum atomic E-state index is 10.9. The van der Waals surface area contributed by atoms with Gasteiger partial charge in [-0.2, -0.15) is 0 Å². The Kier molecular flexibility index (Phi) is 2.96. The van der Waals surface area contributed by atoms with Crippen molar-refractivity contribution in [2.75, 3.05) is 5.32 Å². The summed E-state index contributed by atoms with van der Waals surface area (Å²) >= 11 is 1.50. The third-order valence-corrected chi connectivity index (χ3v) is 2.96. The lowest BCUT2D eigenvalue weighted by atomic mass is 10.3. The van der Waals surface area contributed by atoms with Crippen molar-refractivity contribution in [3.8, 4) is 10.6 Å². The predicted molar refractivity (Wildman–Crippen MR) is 64.4 cm³/mol. The molecule has 2 aromatic rings. The highest BCUT2D eigenvalue weighted by atomic mass is 32.1. The molecule has 1 amide bonds. The van der Waals surface area contributed by atoms with Crippen LogP contribution in [0.25, 0.3) is 10.6 Å². The Hall–Kier alpha value is -1.75. The van der Waals surface area contributed by atoms with Gasteiger partial charge < -0.3 is 5.32 Å². The van der Waals surface area contributed by atoms with Crippen LogP contribution in [0.1, 0.15) is 12.7 Å². The molecule has 0 saturated heterocycles. The number of amides is 1. The molecule has 0 aliphatic rings. The molecule has 0 aliphatic heterocycles. The summed E-state index contributed by atoms with van der Waals surface area (Å²) in [5, 5.41) is 3.58. The second-order valence-corrected chi connectivity index (χ2v) is 4.42. The zero-order chi connectivity index (χ0) is 11.5. The van der Waals surface area contributed by atoms with E-state index in [1.54, 1.807) is 6.20 Å². The lowest BCUT2D eigenvalue weighted by Gasteiger charge is -1.97. The zero-order valence-electron chi connectivity index (χ0n) is 9.02. The molecule has 0 radical (unpaired) electrons. The lowest BCUT2D eigenvalue weighted by molar-refractivity contribution is -0.114. The molecule has 1 N–H and O–H groups in total. The van der Waals surface area contributed by atoms with E-state index >= 15 is 0 Å². The second kappa shape index (κ2) is 4.40. The standard InChI is InChI=1S/C11H11N3OS/c1-7-12-6-5-9(13-7)10-3-4-11(16-10)14-8(2)15/h3-6H,1-2H3,(H,14,15). The minimum atomic E-state index is -0.0627. The second-order valence-electron chi connectivity index (χ2n) is 3.33. The monoisotopic (exact) mass is 233 g/mol. The van der Waals surface area contributed by atoms with Crippen molar-refractivity contribution < 1.29 is 4.79 Å². The van der Waals surface area contributed by atoms with Gasteiger partial charge in [0.15, 0.2) is 0 Å². The van der Waals surface area contributed by atoms with E-state index in [1.807, 2.05) is 25.1 Å². The molecule has 0 spiro atoms. The van der Waals surface area contributed by atoms with Crippen molar-refractivity contribution in [3.05, 3.63) is 30.2 Å². The summed E-state index contributed by atoms with van der Waals surface area (Å²) in [6.45, 7) is 3.35. The van der Waals surface area contributed by atoms with E-state index < -0.39 is 0 Å². The van der Waals surface area contributed by atoms with Gasteiger partial charge in [-0.1, -0.05) is 0 Å². The number of thiophene rings is 1. The Morgan fingerprint density at radius 3 is 2.88 bits per heavy atom. The highest BCUT2D eigenvalue weighted by Gasteiger charge is 2.05. The summed E-state index contributed by atoms with van der Waals surface area (Å²) in [5.74, 6) is 0.680. The quantitative estimate of drug-likeness (QED) is 0.867. The molecule has 4 nitrogen and oxygen atoms in total. The summed E-state index contributed by atoms with van der Waals surface area (Å²) in [6.07, 6.45) is 1.73. The fourth-order valence-corrected chi connectivity index (χ4v) is 2.23. The lowest BCUT2D eigenvalue weighted by Crippen LogP contribution is -2.03. The number of aromatic nitrogens is 2. The summed E-state index contributed by atoms with van der Waals surface area (Å²) in [5.41, 5.74) is 0.883. The third-order valence-electron chi connectivity index (χ3n) is 1.93. The molecule has 5 heteroatoms. The van der Waals surface area contributed by atoms with Crippen LogP contribution in [0.5, 0.6) is 0 Å². The van der Waals surface area contributed by atoms with E-state index in [4.69, 9.17) is 0 Å². The van der Waals surface area contributed by atoms with Gasteiger partial charge in [-0.3, -0.25) is 4.79 Å². The maximum Gasteiger partial charge on any atom is 0.221 e. The first-order valence-corrected chi connectivity index (χ1v) is 5.64. The Balaban J connectivity index is 2.28. The normalized spacial score (nSPS) is 10.1. The van der Waals surface area contributed by atoms with Crippen molar-refractivity contribution in [2.45, 2.75) is 13.8 Å². The predicted octanol–water partition coefficient (Wildman–Crippen LogP) is 2.47. The maximum absolute atomic E-state index is 10.9. The molecule has 0 aromatic carbocycles. The van der Waals surface area contributed by atoms with Crippen LogP contribution in [-0.2, 0) is 4.79 Å². The zero-order valence-corrected chi connectivity index (χ0v) is 9.84. The van der Waals surface area contributed by atoms with Crippen LogP contribution in [0.2, 0.25) is 0 Å². The molecule has 0 unspecified atom stereocenters. The van der Waals surface area contributed by atoms with Crippen molar-refractivity contribution in [1.29, 1.82) is 0 Å². The van der Waals surface area contributed by atoms with Crippen LogP contribution in [0, 0.1) is 6.92 Å². The number of nitrogens with zero attached hydrogens (tertiary/aromatic N) is 2. The molecule has 16 heavy (non-hydrogen) atoms. The molecule has 0 atom stereocenters. The summed E-state index contributed by atoms with van der Waals surface area (Å²) in [7, 11) is 0. The first-order chi connectivity index (χ1) is 7.65. The van der Waals surface area contributed by atoms with E-state index in [1.165, 1.54) is 18.3 Å². The van der Waals surface area contributed by atoms with Crippen LogP contribution in [0.4, 0.5) is 5.00 Å². The minimum Gasteiger partial charge on any atom is -0.318 e. The van der Waals surface area contributed by atoms with Crippen LogP contribution >= 0.6 is 11.3 Å². The SMILES string of the molecule is CC(=O)Nc1ccc(-c2ccnc(C)n2)s1. The van der Waals surface area contributed by atoms with Gasteiger partial charge in [0.1, 0.15) is 5.82 Å². The Morgan fingerprint density at radius 1 is 1.38 bits per heavy atom. The average molecular weight is 233 g/mol. The van der Waals surface area contributed by atoms with Crippen LogP contribution < -0.4 is 5.32 Å². The summed E-state index contributed by atoms with van der Waals surface area (Å²) in [6, 6.07) is 5.67. The van der Waals surface area contributed by atoms with Gasteiger partial charge >= 0.3 is 0 Å². The molecule has 0 saturated carbocycles. The Labute approximate surface area is 97.4 Å². The number of nitrogens with one attached hydrogen (secondary N) is 1. The number of hydrogen-bond donors (Lipinski definition) is 1. The molecule has 2 heterocycles. The highest BCUT2D eigenvalue weighted by Crippen LogP contribution is 2.29. The molecule has 82 valence electrons. The summed E-state index contributed by atoms with van der Waals surface area (Å²) in [4.78, 5) is 20.3. The van der Waals surface area contributed by atoms with Gasteiger partial charge in [0.2, 0.25) is 5.91 Å². The van der Waals surface area contributed by atoms with Crippen LogP contribution in [0.3, 0.4) is 0 Å². The van der Waals surface area contributed by atoms with Gasteiger partial charge in [0.25, 0.3) is 0 Å². The molecular weight excluding hydrogens is 222 g/mol. The van der Waals surface area contributed by atoms with Crippen molar-refractivity contribution >= 4 is 22.2 Å². The molecular formula is C11H11N3OS. The minimum absolute atomic E-state index is 0.0627. The first kappa shape index (κ1) is 10.8. The average Bonchev–Trinajstić information content (AvgIpc) is 2.65. The van der Waals surface area contributed by atoms with E-state index in [0.29, 0.717) is 0 Å². The summed E-state index contributed by atoms with van der Waals surface area (Å²) < 4.78 is 0. The first-order valence-electron chi connectivity index (χ1n) is 4.82. The molecule has 2 aromatic heterocycles. The van der Waals surface area contributed by atoms with Crippen LogP contribution in [0.15, 0.2) is 24.4 Å². The van der Waals surface area contributed by atoms with Gasteiger partial charge in [-0.25, -0.2) is 9.97 Å². The molecule has 0 bridgehead atoms. The number of rotatable bonds is 2. The van der Waals surface area contributed by atoms with Gasteiger partial charge in [-0.15, -0.1) is 11.3 Å². The largest absolute Gasteiger partial charge is 0.318 e. The fraction of sp³-hybridized carbons (Fsp3) is 0.182. The van der Waals surface area contributed by atoms with Crippen LogP contribution in [-0.4, -0.2) is 15.9 Å². The van der Waals surface area contributed by atoms with E-state index in [-0.39, 0.29) is 5.91 Å². The van der Waals surface area contributed by atoms with E-state index in [9.17, 15) is 4.79 Å². The Morgan fingerprint density at radius 2 is 2.19 bits per heavy atom. The van der Waals surface area contributed by atoms with Gasteiger partial charge in [-0.05, 0) is 25.1 Å². The van der Waals surface area contributed by atoms with Crippen molar-refractivity contribution in [1.82, 2.24) is 9.97 Å². The number of anilines is 1. The van der Waals surface area contributed by atoms with Gasteiger partial charge in [0.05, 0.1) is 15.6 Å². The number of aryl methyl sites for hydroxylation is 1. The van der Waals surface area contributed by atoms with Gasteiger partial charge in [0, 0.05) is 13.1 Å². The molecule has 0 aliphatic carbocycles. The highest BCUT2D eigenvalue weighted by molar-refractivity contribution is 7.19. The third kappa shape index (κ3) is 2.43. The molecule has 2 rings (SSSR count). The Bertz CT molecular complexity index is 521. The van der Waals surface area contributed by atoms with Crippen molar-refractivity contribution in [3.63, 3.8) is 0 Å². The number of carbonyl (C=O) groups excluding carboxylic acids is 1. The topological polar surface area (TPSA) is 54.9 Å². The van der Waals surface area contributed by atoms with Crippen molar-refractivity contribution in [2.24, 2.45) is 0 Å². The van der Waals surface area contributed by atoms with E-state index in [0.717, 1.165) is 21.4 Å². The van der Waals surface area contributed by atoms with E-state index in [2.05, 4.69) is 15.3 Å². The smallest absolute Gasteiger partial charge is 0.221 e. The molecule has 0 fully saturated rings. The fourth-order valence-electron chi connectivity index (χ4n) is 1.31. The number of hydrogen-bond acceptors (Lipinski definition) is 4. The number of carbonyl (C=O) groups is 1.